The monoisotopic (exact) mass is 197 g/mol. The largest absolute Gasteiger partial charge is 0.411 e. The van der Waals surface area contributed by atoms with Gasteiger partial charge < -0.3 is 10.3 Å². The molecule has 2 rings (SSSR count). The SMILES string of the molecule is CC12CCC(/C(=N\O)C1=O)C2(C)CO. The molecule has 3 atom stereocenters. The fourth-order valence-electron chi connectivity index (χ4n) is 3.07. The number of fused-ring (bicyclic) bond motifs is 2. The van der Waals surface area contributed by atoms with Crippen LogP contribution in [0.5, 0.6) is 0 Å². The predicted octanol–water partition coefficient (Wildman–Crippen LogP) is 0.814. The normalized spacial score (nSPS) is 49.2. The van der Waals surface area contributed by atoms with Crippen LogP contribution in [-0.2, 0) is 4.79 Å². The number of ketones is 1. The number of hydrogen-bond acceptors (Lipinski definition) is 4. The van der Waals surface area contributed by atoms with Crippen molar-refractivity contribution >= 4 is 11.5 Å². The molecule has 2 aliphatic rings. The van der Waals surface area contributed by atoms with Gasteiger partial charge in [-0.2, -0.15) is 0 Å². The zero-order chi connectivity index (χ0) is 10.6. The van der Waals surface area contributed by atoms with Crippen molar-refractivity contribution in [2.45, 2.75) is 26.7 Å². The standard InChI is InChI=1S/C10H15NO3/c1-9-4-3-6(10(9,2)5-12)7(11-14)8(9)13/h6,12,14H,3-5H2,1-2H3/b11-7+. The lowest BCUT2D eigenvalue weighted by atomic mass is 9.69. The summed E-state index contributed by atoms with van der Waals surface area (Å²) in [6.45, 7) is 3.74. The minimum Gasteiger partial charge on any atom is -0.411 e. The van der Waals surface area contributed by atoms with Gasteiger partial charge in [0, 0.05) is 16.7 Å². The van der Waals surface area contributed by atoms with Gasteiger partial charge in [0.2, 0.25) is 0 Å². The summed E-state index contributed by atoms with van der Waals surface area (Å²) in [5, 5.41) is 21.3. The van der Waals surface area contributed by atoms with Crippen LogP contribution in [0.4, 0.5) is 0 Å². The van der Waals surface area contributed by atoms with Crippen LogP contribution in [-0.4, -0.2) is 28.4 Å². The van der Waals surface area contributed by atoms with Crippen LogP contribution in [0.3, 0.4) is 0 Å². The van der Waals surface area contributed by atoms with Gasteiger partial charge in [-0.25, -0.2) is 0 Å². The molecule has 3 unspecified atom stereocenters. The number of Topliss-reactive ketones (excluding diaryl/α,β-unsaturated/α-hetero) is 1. The maximum absolute atomic E-state index is 11.9. The van der Waals surface area contributed by atoms with E-state index in [-0.39, 0.29) is 24.0 Å². The van der Waals surface area contributed by atoms with Crippen LogP contribution >= 0.6 is 0 Å². The number of hydrogen-bond donors (Lipinski definition) is 2. The Morgan fingerprint density at radius 2 is 2.21 bits per heavy atom. The molecular weight excluding hydrogens is 182 g/mol. The molecule has 0 aromatic rings. The van der Waals surface area contributed by atoms with Crippen molar-refractivity contribution in [2.24, 2.45) is 21.9 Å². The Hall–Kier alpha value is -0.900. The Labute approximate surface area is 82.6 Å². The van der Waals surface area contributed by atoms with Crippen molar-refractivity contribution in [3.05, 3.63) is 0 Å². The van der Waals surface area contributed by atoms with Gasteiger partial charge in [0.05, 0.1) is 6.61 Å². The summed E-state index contributed by atoms with van der Waals surface area (Å²) in [7, 11) is 0. The first-order valence-corrected chi connectivity index (χ1v) is 4.89. The number of aliphatic hydroxyl groups excluding tert-OH is 1. The van der Waals surface area contributed by atoms with Gasteiger partial charge in [0.1, 0.15) is 5.71 Å². The lowest BCUT2D eigenvalue weighted by molar-refractivity contribution is -0.125. The smallest absolute Gasteiger partial charge is 0.187 e. The van der Waals surface area contributed by atoms with Gasteiger partial charge in [0.15, 0.2) is 5.78 Å². The molecule has 2 fully saturated rings. The summed E-state index contributed by atoms with van der Waals surface area (Å²) in [5.41, 5.74) is -0.713. The highest BCUT2D eigenvalue weighted by molar-refractivity contribution is 6.45. The van der Waals surface area contributed by atoms with E-state index in [9.17, 15) is 9.90 Å². The van der Waals surface area contributed by atoms with Gasteiger partial charge >= 0.3 is 0 Å². The first-order valence-electron chi connectivity index (χ1n) is 4.89. The quantitative estimate of drug-likeness (QED) is 0.483. The fraction of sp³-hybridized carbons (Fsp3) is 0.800. The summed E-state index contributed by atoms with van der Waals surface area (Å²) in [6.07, 6.45) is 1.62. The lowest BCUT2D eigenvalue weighted by Gasteiger charge is -2.33. The van der Waals surface area contributed by atoms with E-state index < -0.39 is 10.8 Å². The second kappa shape index (κ2) is 2.57. The average Bonchev–Trinajstić information content (AvgIpc) is 2.52. The number of carbonyl (C=O) groups excluding carboxylic acids is 1. The van der Waals surface area contributed by atoms with E-state index in [1.54, 1.807) is 0 Å². The molecule has 0 aromatic heterocycles. The Balaban J connectivity index is 2.56. The molecular formula is C10H15NO3. The lowest BCUT2D eigenvalue weighted by Crippen LogP contribution is -2.37. The third kappa shape index (κ3) is 0.741. The second-order valence-electron chi connectivity index (χ2n) is 4.81. The Bertz CT molecular complexity index is 325. The van der Waals surface area contributed by atoms with E-state index >= 15 is 0 Å². The molecule has 0 amide bonds. The van der Waals surface area contributed by atoms with Gasteiger partial charge in [0.25, 0.3) is 0 Å². The molecule has 2 N–H and O–H groups in total. The maximum Gasteiger partial charge on any atom is 0.187 e. The number of aliphatic hydroxyl groups is 1. The molecule has 0 saturated heterocycles. The van der Waals surface area contributed by atoms with E-state index in [2.05, 4.69) is 5.16 Å². The summed E-state index contributed by atoms with van der Waals surface area (Å²) in [6, 6.07) is 0. The predicted molar refractivity (Wildman–Crippen MR) is 50.3 cm³/mol. The third-order valence-corrected chi connectivity index (χ3v) is 4.46. The third-order valence-electron chi connectivity index (χ3n) is 4.46. The molecule has 2 saturated carbocycles. The number of carbonyl (C=O) groups is 1. The molecule has 4 heteroatoms. The number of rotatable bonds is 1. The van der Waals surface area contributed by atoms with E-state index in [0.29, 0.717) is 0 Å². The van der Waals surface area contributed by atoms with E-state index in [1.807, 2.05) is 13.8 Å². The maximum atomic E-state index is 11.9. The molecule has 78 valence electrons. The highest BCUT2D eigenvalue weighted by Crippen LogP contribution is 2.62. The second-order valence-corrected chi connectivity index (χ2v) is 4.81. The minimum absolute atomic E-state index is 0.0288. The Kier molecular flexibility index (Phi) is 1.77. The molecule has 4 nitrogen and oxygen atoms in total. The van der Waals surface area contributed by atoms with Crippen molar-refractivity contribution in [2.75, 3.05) is 6.61 Å². The summed E-state index contributed by atoms with van der Waals surface area (Å²) >= 11 is 0. The van der Waals surface area contributed by atoms with Crippen LogP contribution in [0.1, 0.15) is 26.7 Å². The summed E-state index contributed by atoms with van der Waals surface area (Å²) in [4.78, 5) is 11.9. The Morgan fingerprint density at radius 1 is 1.57 bits per heavy atom. The topological polar surface area (TPSA) is 69.9 Å². The number of oxime groups is 1. The van der Waals surface area contributed by atoms with Gasteiger partial charge in [-0.1, -0.05) is 19.0 Å². The van der Waals surface area contributed by atoms with Gasteiger partial charge in [-0.15, -0.1) is 0 Å². The molecule has 0 spiro atoms. The molecule has 2 aliphatic carbocycles. The first-order chi connectivity index (χ1) is 6.51. The minimum atomic E-state index is -0.534. The average molecular weight is 197 g/mol. The summed E-state index contributed by atoms with van der Waals surface area (Å²) in [5.74, 6) is -0.164. The molecule has 0 aromatic carbocycles. The van der Waals surface area contributed by atoms with E-state index in [0.717, 1.165) is 12.8 Å². The van der Waals surface area contributed by atoms with Crippen LogP contribution in [0.2, 0.25) is 0 Å². The highest BCUT2D eigenvalue weighted by atomic mass is 16.4. The molecule has 2 bridgehead atoms. The van der Waals surface area contributed by atoms with Crippen molar-refractivity contribution in [1.29, 1.82) is 0 Å². The van der Waals surface area contributed by atoms with E-state index in [1.165, 1.54) is 0 Å². The van der Waals surface area contributed by atoms with Crippen LogP contribution < -0.4 is 0 Å². The highest BCUT2D eigenvalue weighted by Gasteiger charge is 2.67. The molecule has 14 heavy (non-hydrogen) atoms. The van der Waals surface area contributed by atoms with Crippen LogP contribution in [0.15, 0.2) is 5.16 Å². The zero-order valence-corrected chi connectivity index (χ0v) is 8.45. The van der Waals surface area contributed by atoms with Crippen molar-refractivity contribution in [1.82, 2.24) is 0 Å². The number of nitrogens with zero attached hydrogens (tertiary/aromatic N) is 1. The van der Waals surface area contributed by atoms with Crippen molar-refractivity contribution in [3.8, 4) is 0 Å². The molecule has 0 aliphatic heterocycles. The molecule has 0 heterocycles. The van der Waals surface area contributed by atoms with Crippen molar-refractivity contribution in [3.63, 3.8) is 0 Å². The van der Waals surface area contributed by atoms with Gasteiger partial charge in [-0.3, -0.25) is 4.79 Å². The fourth-order valence-corrected chi connectivity index (χ4v) is 3.07. The molecule has 0 radical (unpaired) electrons. The van der Waals surface area contributed by atoms with Crippen molar-refractivity contribution < 1.29 is 15.1 Å². The summed E-state index contributed by atoms with van der Waals surface area (Å²) < 4.78 is 0. The zero-order valence-electron chi connectivity index (χ0n) is 8.45. The first kappa shape index (κ1) is 9.65. The van der Waals surface area contributed by atoms with Gasteiger partial charge in [-0.05, 0) is 12.8 Å². The van der Waals surface area contributed by atoms with Crippen LogP contribution in [0.25, 0.3) is 0 Å². The Morgan fingerprint density at radius 3 is 2.57 bits per heavy atom. The van der Waals surface area contributed by atoms with E-state index in [4.69, 9.17) is 5.21 Å². The van der Waals surface area contributed by atoms with Crippen LogP contribution in [0, 0.1) is 16.7 Å².